The fourth-order valence-electron chi connectivity index (χ4n) is 3.38. The summed E-state index contributed by atoms with van der Waals surface area (Å²) in [6, 6.07) is 21.6. The highest BCUT2D eigenvalue weighted by Gasteiger charge is 2.31. The van der Waals surface area contributed by atoms with Crippen molar-refractivity contribution in [3.8, 4) is 0 Å². The molecule has 0 spiro atoms. The van der Waals surface area contributed by atoms with Gasteiger partial charge in [-0.3, -0.25) is 19.8 Å². The average Bonchev–Trinajstić information content (AvgIpc) is 2.73. The second-order valence-corrected chi connectivity index (χ2v) is 6.82. The minimum absolute atomic E-state index is 0.0215. The molecule has 144 valence electrons. The molecule has 6 nitrogen and oxygen atoms in total. The highest BCUT2D eigenvalue weighted by molar-refractivity contribution is 6.12. The van der Waals surface area contributed by atoms with E-state index in [9.17, 15) is 14.9 Å². The molecule has 0 saturated heterocycles. The van der Waals surface area contributed by atoms with E-state index in [1.807, 2.05) is 49.4 Å². The largest absolute Gasteiger partial charge is 0.361 e. The van der Waals surface area contributed by atoms with Crippen LogP contribution in [0.5, 0.6) is 0 Å². The summed E-state index contributed by atoms with van der Waals surface area (Å²) in [7, 11) is 0. The lowest BCUT2D eigenvalue weighted by Crippen LogP contribution is -2.48. The van der Waals surface area contributed by atoms with Crippen LogP contribution >= 0.6 is 0 Å². The summed E-state index contributed by atoms with van der Waals surface area (Å²) in [6.45, 7) is 1.99. The number of carbonyl (C=O) groups is 1. The lowest BCUT2D eigenvalue weighted by Gasteiger charge is -2.36. The van der Waals surface area contributed by atoms with E-state index < -0.39 is 11.1 Å². The molecule has 0 aromatic heterocycles. The smallest absolute Gasteiger partial charge is 0.276 e. The number of para-hydroxylation sites is 2. The van der Waals surface area contributed by atoms with Crippen molar-refractivity contribution in [2.24, 2.45) is 0 Å². The molecule has 1 heterocycles. The zero-order valence-electron chi connectivity index (χ0n) is 15.8. The number of carbonyl (C=O) groups excluding carboxylic acids is 1. The van der Waals surface area contributed by atoms with Gasteiger partial charge in [0, 0.05) is 17.4 Å². The predicted octanol–water partition coefficient (Wildman–Crippen LogP) is 5.02. The van der Waals surface area contributed by atoms with Crippen molar-refractivity contribution < 1.29 is 9.72 Å². The van der Waals surface area contributed by atoms with Crippen LogP contribution in [0.15, 0.2) is 78.9 Å². The molecule has 0 fully saturated rings. The van der Waals surface area contributed by atoms with Crippen LogP contribution in [0.4, 0.5) is 17.1 Å². The van der Waals surface area contributed by atoms with Crippen molar-refractivity contribution in [3.05, 3.63) is 106 Å². The molecule has 1 aliphatic rings. The van der Waals surface area contributed by atoms with E-state index in [1.165, 1.54) is 6.07 Å². The SMILES string of the molecule is Cc1ccc(N2C(=O)c3ccccc3N[C@@H]2/C=C/c2ccccc2[N+](=O)[O-])cc1. The van der Waals surface area contributed by atoms with Crippen molar-refractivity contribution >= 4 is 29.0 Å². The monoisotopic (exact) mass is 385 g/mol. The van der Waals surface area contributed by atoms with Gasteiger partial charge in [-0.1, -0.05) is 42.0 Å². The molecule has 3 aromatic carbocycles. The van der Waals surface area contributed by atoms with Gasteiger partial charge < -0.3 is 5.32 Å². The fourth-order valence-corrected chi connectivity index (χ4v) is 3.38. The summed E-state index contributed by atoms with van der Waals surface area (Å²) < 4.78 is 0. The number of nitrogens with one attached hydrogen (secondary N) is 1. The average molecular weight is 385 g/mol. The normalized spacial score (nSPS) is 15.8. The number of hydrogen-bond acceptors (Lipinski definition) is 4. The minimum Gasteiger partial charge on any atom is -0.361 e. The molecule has 0 bridgehead atoms. The number of nitrogens with zero attached hydrogens (tertiary/aromatic N) is 2. The van der Waals surface area contributed by atoms with Crippen LogP contribution in [-0.4, -0.2) is 17.0 Å². The van der Waals surface area contributed by atoms with Gasteiger partial charge in [0.25, 0.3) is 11.6 Å². The topological polar surface area (TPSA) is 75.5 Å². The Labute approximate surface area is 168 Å². The summed E-state index contributed by atoms with van der Waals surface area (Å²) in [5.74, 6) is -0.125. The number of hydrogen-bond donors (Lipinski definition) is 1. The molecule has 1 amide bonds. The van der Waals surface area contributed by atoms with Gasteiger partial charge >= 0.3 is 0 Å². The predicted molar refractivity (Wildman–Crippen MR) is 114 cm³/mol. The number of nitro groups is 1. The minimum atomic E-state index is -0.486. The molecule has 0 aliphatic carbocycles. The zero-order valence-corrected chi connectivity index (χ0v) is 15.8. The number of rotatable bonds is 4. The zero-order chi connectivity index (χ0) is 20.4. The number of nitro benzene ring substituents is 1. The fraction of sp³-hybridized carbons (Fsp3) is 0.0870. The number of benzene rings is 3. The third kappa shape index (κ3) is 3.60. The van der Waals surface area contributed by atoms with Crippen molar-refractivity contribution in [3.63, 3.8) is 0 Å². The highest BCUT2D eigenvalue weighted by atomic mass is 16.6. The molecule has 6 heteroatoms. The van der Waals surface area contributed by atoms with E-state index in [4.69, 9.17) is 0 Å². The van der Waals surface area contributed by atoms with E-state index >= 15 is 0 Å². The summed E-state index contributed by atoms with van der Waals surface area (Å²) in [5, 5.41) is 14.7. The summed E-state index contributed by atoms with van der Waals surface area (Å²) in [5.41, 5.74) is 3.67. The summed E-state index contributed by atoms with van der Waals surface area (Å²) >= 11 is 0. The van der Waals surface area contributed by atoms with Crippen molar-refractivity contribution in [2.75, 3.05) is 10.2 Å². The Kier molecular flexibility index (Phi) is 4.83. The molecule has 29 heavy (non-hydrogen) atoms. The Bertz CT molecular complexity index is 1110. The molecule has 0 saturated carbocycles. The van der Waals surface area contributed by atoms with Crippen LogP contribution in [0.25, 0.3) is 6.08 Å². The van der Waals surface area contributed by atoms with E-state index in [0.29, 0.717) is 11.1 Å². The molecular formula is C23H19N3O3. The number of fused-ring (bicyclic) bond motifs is 1. The quantitative estimate of drug-likeness (QED) is 0.506. The van der Waals surface area contributed by atoms with Crippen LogP contribution in [0.1, 0.15) is 21.5 Å². The van der Waals surface area contributed by atoms with Gasteiger partial charge in [-0.2, -0.15) is 0 Å². The Morgan fingerprint density at radius 2 is 1.69 bits per heavy atom. The molecule has 1 atom stereocenters. The van der Waals surface area contributed by atoms with Crippen LogP contribution in [0.3, 0.4) is 0 Å². The lowest BCUT2D eigenvalue weighted by molar-refractivity contribution is -0.385. The second kappa shape index (κ2) is 7.59. The van der Waals surface area contributed by atoms with Gasteiger partial charge in [-0.15, -0.1) is 0 Å². The van der Waals surface area contributed by atoms with Crippen LogP contribution < -0.4 is 10.2 Å². The molecule has 0 unspecified atom stereocenters. The van der Waals surface area contributed by atoms with Crippen molar-refractivity contribution in [2.45, 2.75) is 13.1 Å². The lowest BCUT2D eigenvalue weighted by atomic mass is 10.0. The van der Waals surface area contributed by atoms with E-state index in [-0.39, 0.29) is 11.6 Å². The molecule has 4 rings (SSSR count). The molecule has 0 radical (unpaired) electrons. The Morgan fingerprint density at radius 1 is 1.00 bits per heavy atom. The van der Waals surface area contributed by atoms with Gasteiger partial charge in [-0.05, 0) is 49.4 Å². The molecule has 1 aliphatic heterocycles. The maximum atomic E-state index is 13.2. The highest BCUT2D eigenvalue weighted by Crippen LogP contribution is 2.31. The third-order valence-electron chi connectivity index (χ3n) is 4.86. The van der Waals surface area contributed by atoms with Crippen molar-refractivity contribution in [1.82, 2.24) is 0 Å². The van der Waals surface area contributed by atoms with Gasteiger partial charge in [0.2, 0.25) is 0 Å². The standard InChI is InChI=1S/C23H19N3O3/c1-16-10-13-18(14-11-16)25-22(24-20-8-4-3-7-19(20)23(25)27)15-12-17-6-2-5-9-21(17)26(28)29/h2-15,22,24H,1H3/b15-12+/t22-/m0/s1. The molecular weight excluding hydrogens is 366 g/mol. The van der Waals surface area contributed by atoms with Gasteiger partial charge in [0.15, 0.2) is 0 Å². The third-order valence-corrected chi connectivity index (χ3v) is 4.86. The van der Waals surface area contributed by atoms with Gasteiger partial charge in [-0.25, -0.2) is 0 Å². The number of amides is 1. The molecule has 1 N–H and O–H groups in total. The van der Waals surface area contributed by atoms with E-state index in [2.05, 4.69) is 5.32 Å². The number of aryl methyl sites for hydroxylation is 1. The maximum Gasteiger partial charge on any atom is 0.276 e. The Hall–Kier alpha value is -3.93. The van der Waals surface area contributed by atoms with E-state index in [1.54, 1.807) is 41.3 Å². The van der Waals surface area contributed by atoms with Crippen LogP contribution in [0.2, 0.25) is 0 Å². The first kappa shape index (κ1) is 18.4. The summed E-state index contributed by atoms with van der Waals surface area (Å²) in [4.78, 5) is 25.8. The Morgan fingerprint density at radius 3 is 2.45 bits per heavy atom. The maximum absolute atomic E-state index is 13.2. The van der Waals surface area contributed by atoms with Crippen molar-refractivity contribution in [1.29, 1.82) is 0 Å². The first-order valence-corrected chi connectivity index (χ1v) is 9.22. The molecule has 3 aromatic rings. The van der Waals surface area contributed by atoms with Gasteiger partial charge in [0.05, 0.1) is 16.1 Å². The number of anilines is 2. The first-order chi connectivity index (χ1) is 14.0. The second-order valence-electron chi connectivity index (χ2n) is 6.82. The van der Waals surface area contributed by atoms with Gasteiger partial charge in [0.1, 0.15) is 6.17 Å². The summed E-state index contributed by atoms with van der Waals surface area (Å²) in [6.07, 6.45) is 2.97. The van der Waals surface area contributed by atoms with E-state index in [0.717, 1.165) is 16.9 Å². The first-order valence-electron chi connectivity index (χ1n) is 9.22. The van der Waals surface area contributed by atoms with Crippen LogP contribution in [0, 0.1) is 17.0 Å². The Balaban J connectivity index is 1.76. The van der Waals surface area contributed by atoms with Crippen LogP contribution in [-0.2, 0) is 0 Å².